The molecule has 5 aromatic rings. The standard InChI is InChI=1S/C22H12Cl2N2O2S/c23-13-8-9-15-18(11-13)29-20(19(15)24)21(27)25-14-5-3-4-12(10-14)22-26-16-6-1-2-7-17(16)28-22/h1-11H,(H,25,27). The van der Waals surface area contributed by atoms with Crippen molar-refractivity contribution in [1.29, 1.82) is 0 Å². The monoisotopic (exact) mass is 438 g/mol. The maximum atomic E-state index is 12.8. The van der Waals surface area contributed by atoms with Crippen molar-refractivity contribution in [3.8, 4) is 11.5 Å². The van der Waals surface area contributed by atoms with E-state index < -0.39 is 0 Å². The van der Waals surface area contributed by atoms with Gasteiger partial charge in [0.1, 0.15) is 10.4 Å². The molecule has 0 radical (unpaired) electrons. The Hall–Kier alpha value is -2.86. The van der Waals surface area contributed by atoms with Crippen LogP contribution in [0.5, 0.6) is 0 Å². The lowest BCUT2D eigenvalue weighted by Crippen LogP contribution is -2.10. The second-order valence-electron chi connectivity index (χ2n) is 6.41. The number of carbonyl (C=O) groups is 1. The Bertz CT molecular complexity index is 1360. The summed E-state index contributed by atoms with van der Waals surface area (Å²) in [5.41, 5.74) is 2.90. The SMILES string of the molecule is O=C(Nc1cccc(-c2nc3ccccc3o2)c1)c1sc2cc(Cl)ccc2c1Cl. The van der Waals surface area contributed by atoms with Gasteiger partial charge >= 0.3 is 0 Å². The molecule has 2 heterocycles. The zero-order chi connectivity index (χ0) is 20.0. The highest BCUT2D eigenvalue weighted by Gasteiger charge is 2.18. The average Bonchev–Trinajstić information content (AvgIpc) is 3.29. The zero-order valence-electron chi connectivity index (χ0n) is 14.8. The summed E-state index contributed by atoms with van der Waals surface area (Å²) in [5, 5.41) is 4.74. The molecule has 0 bridgehead atoms. The predicted octanol–water partition coefficient (Wildman–Crippen LogP) is 7.27. The van der Waals surface area contributed by atoms with Gasteiger partial charge in [-0.25, -0.2) is 4.98 Å². The summed E-state index contributed by atoms with van der Waals surface area (Å²) in [6.07, 6.45) is 0. The van der Waals surface area contributed by atoms with E-state index in [1.165, 1.54) is 11.3 Å². The van der Waals surface area contributed by atoms with Gasteiger partial charge in [-0.05, 0) is 42.5 Å². The van der Waals surface area contributed by atoms with E-state index in [1.807, 2.05) is 54.6 Å². The van der Waals surface area contributed by atoms with Crippen molar-refractivity contribution in [2.24, 2.45) is 0 Å². The molecule has 29 heavy (non-hydrogen) atoms. The molecule has 7 heteroatoms. The van der Waals surface area contributed by atoms with Gasteiger partial charge in [-0.1, -0.05) is 47.5 Å². The summed E-state index contributed by atoms with van der Waals surface area (Å²) in [7, 11) is 0. The highest BCUT2D eigenvalue weighted by Crippen LogP contribution is 2.37. The van der Waals surface area contributed by atoms with Gasteiger partial charge in [0, 0.05) is 26.4 Å². The van der Waals surface area contributed by atoms with E-state index >= 15 is 0 Å². The van der Waals surface area contributed by atoms with Crippen LogP contribution < -0.4 is 5.32 Å². The van der Waals surface area contributed by atoms with E-state index in [4.69, 9.17) is 27.6 Å². The molecule has 5 rings (SSSR count). The number of hydrogen-bond donors (Lipinski definition) is 1. The third-order valence-corrected chi connectivity index (χ3v) is 6.35. The second-order valence-corrected chi connectivity index (χ2v) is 8.27. The van der Waals surface area contributed by atoms with Crippen LogP contribution in [0.1, 0.15) is 9.67 Å². The Morgan fingerprint density at radius 3 is 2.72 bits per heavy atom. The Morgan fingerprint density at radius 2 is 1.86 bits per heavy atom. The fourth-order valence-corrected chi connectivity index (χ4v) is 4.79. The first-order valence-corrected chi connectivity index (χ1v) is 10.3. The smallest absolute Gasteiger partial charge is 0.267 e. The molecule has 0 spiro atoms. The van der Waals surface area contributed by atoms with Crippen molar-refractivity contribution in [2.75, 3.05) is 5.32 Å². The van der Waals surface area contributed by atoms with Crippen LogP contribution in [-0.4, -0.2) is 10.9 Å². The molecule has 2 aromatic heterocycles. The molecule has 142 valence electrons. The molecule has 1 N–H and O–H groups in total. The summed E-state index contributed by atoms with van der Waals surface area (Å²) in [5.74, 6) is 0.221. The number of anilines is 1. The number of amides is 1. The topological polar surface area (TPSA) is 55.1 Å². The minimum Gasteiger partial charge on any atom is -0.436 e. The van der Waals surface area contributed by atoms with Crippen LogP contribution in [0.25, 0.3) is 32.6 Å². The van der Waals surface area contributed by atoms with E-state index in [1.54, 1.807) is 12.1 Å². The van der Waals surface area contributed by atoms with Crippen LogP contribution in [0.15, 0.2) is 71.1 Å². The fourth-order valence-electron chi connectivity index (χ4n) is 3.10. The Labute approximate surface area is 179 Å². The minimum absolute atomic E-state index is 0.276. The maximum Gasteiger partial charge on any atom is 0.267 e. The van der Waals surface area contributed by atoms with Gasteiger partial charge in [-0.15, -0.1) is 11.3 Å². The molecule has 3 aromatic carbocycles. The lowest BCUT2D eigenvalue weighted by molar-refractivity contribution is 0.103. The molecular formula is C22H12Cl2N2O2S. The highest BCUT2D eigenvalue weighted by atomic mass is 35.5. The van der Waals surface area contributed by atoms with Crippen LogP contribution in [0.3, 0.4) is 0 Å². The summed E-state index contributed by atoms with van der Waals surface area (Å²) >= 11 is 13.8. The number of halogens is 2. The lowest BCUT2D eigenvalue weighted by Gasteiger charge is -2.05. The third kappa shape index (κ3) is 3.38. The van der Waals surface area contributed by atoms with Gasteiger partial charge in [0.05, 0.1) is 5.02 Å². The van der Waals surface area contributed by atoms with Gasteiger partial charge in [-0.3, -0.25) is 4.79 Å². The van der Waals surface area contributed by atoms with Gasteiger partial charge in [0.15, 0.2) is 5.58 Å². The second kappa shape index (κ2) is 7.19. The number of oxazole rings is 1. The molecule has 0 atom stereocenters. The first kappa shape index (κ1) is 18.2. The normalized spacial score (nSPS) is 11.2. The fraction of sp³-hybridized carbons (Fsp3) is 0. The van der Waals surface area contributed by atoms with Gasteiger partial charge in [0.2, 0.25) is 5.89 Å². The summed E-state index contributed by atoms with van der Waals surface area (Å²) in [6, 6.07) is 20.3. The molecule has 0 saturated carbocycles. The minimum atomic E-state index is -0.276. The zero-order valence-corrected chi connectivity index (χ0v) is 17.1. The maximum absolute atomic E-state index is 12.8. The van der Waals surface area contributed by atoms with Crippen LogP contribution in [0.4, 0.5) is 5.69 Å². The van der Waals surface area contributed by atoms with Crippen LogP contribution in [0.2, 0.25) is 10.0 Å². The number of hydrogen-bond acceptors (Lipinski definition) is 4. The first-order chi connectivity index (χ1) is 14.1. The van der Waals surface area contributed by atoms with Crippen molar-refractivity contribution < 1.29 is 9.21 Å². The number of para-hydroxylation sites is 2. The summed E-state index contributed by atoms with van der Waals surface area (Å²) in [4.78, 5) is 17.8. The van der Waals surface area contributed by atoms with E-state index in [-0.39, 0.29) is 5.91 Å². The van der Waals surface area contributed by atoms with Crippen molar-refractivity contribution in [3.63, 3.8) is 0 Å². The van der Waals surface area contributed by atoms with Gasteiger partial charge in [-0.2, -0.15) is 0 Å². The highest BCUT2D eigenvalue weighted by molar-refractivity contribution is 7.21. The van der Waals surface area contributed by atoms with E-state index in [2.05, 4.69) is 10.3 Å². The number of aromatic nitrogens is 1. The Kier molecular flexibility index (Phi) is 4.51. The average molecular weight is 439 g/mol. The predicted molar refractivity (Wildman–Crippen MR) is 119 cm³/mol. The number of nitrogens with zero attached hydrogens (tertiary/aromatic N) is 1. The molecule has 4 nitrogen and oxygen atoms in total. The lowest BCUT2D eigenvalue weighted by atomic mass is 10.2. The number of fused-ring (bicyclic) bond motifs is 2. The molecule has 1 amide bonds. The molecule has 0 unspecified atom stereocenters. The molecule has 0 aliphatic rings. The molecule has 0 fully saturated rings. The van der Waals surface area contributed by atoms with Gasteiger partial charge < -0.3 is 9.73 Å². The van der Waals surface area contributed by atoms with Crippen molar-refractivity contribution >= 4 is 67.3 Å². The number of carbonyl (C=O) groups excluding carboxylic acids is 1. The van der Waals surface area contributed by atoms with Crippen LogP contribution in [0, 0.1) is 0 Å². The Balaban J connectivity index is 1.46. The van der Waals surface area contributed by atoms with E-state index in [9.17, 15) is 4.79 Å². The number of thiophene rings is 1. The first-order valence-electron chi connectivity index (χ1n) is 8.73. The van der Waals surface area contributed by atoms with Crippen molar-refractivity contribution in [2.45, 2.75) is 0 Å². The third-order valence-electron chi connectivity index (χ3n) is 4.46. The Morgan fingerprint density at radius 1 is 1.00 bits per heavy atom. The van der Waals surface area contributed by atoms with E-state index in [0.717, 1.165) is 21.2 Å². The summed E-state index contributed by atoms with van der Waals surface area (Å²) < 4.78 is 6.68. The number of nitrogens with one attached hydrogen (secondary N) is 1. The van der Waals surface area contributed by atoms with Crippen LogP contribution >= 0.6 is 34.5 Å². The van der Waals surface area contributed by atoms with Crippen molar-refractivity contribution in [3.05, 3.63) is 81.7 Å². The van der Waals surface area contributed by atoms with Crippen LogP contribution in [-0.2, 0) is 0 Å². The summed E-state index contributed by atoms with van der Waals surface area (Å²) in [6.45, 7) is 0. The quantitative estimate of drug-likeness (QED) is 0.322. The number of benzene rings is 3. The largest absolute Gasteiger partial charge is 0.436 e. The van der Waals surface area contributed by atoms with Gasteiger partial charge in [0.25, 0.3) is 5.91 Å². The van der Waals surface area contributed by atoms with E-state index in [0.29, 0.717) is 32.1 Å². The van der Waals surface area contributed by atoms with Crippen molar-refractivity contribution in [1.82, 2.24) is 4.98 Å². The molecule has 0 aliphatic carbocycles. The molecule has 0 saturated heterocycles. The number of rotatable bonds is 3. The molecular weight excluding hydrogens is 427 g/mol. The molecule has 0 aliphatic heterocycles.